The van der Waals surface area contributed by atoms with Crippen LogP contribution in [0.15, 0.2) is 6.07 Å². The van der Waals surface area contributed by atoms with Crippen molar-refractivity contribution in [1.82, 2.24) is 5.32 Å². The topological polar surface area (TPSA) is 49.3 Å². The number of hydrogen-bond donors (Lipinski definition) is 2. The third-order valence-corrected chi connectivity index (χ3v) is 4.31. The Kier molecular flexibility index (Phi) is 4.57. The summed E-state index contributed by atoms with van der Waals surface area (Å²) in [4.78, 5) is 14.3. The van der Waals surface area contributed by atoms with Crippen molar-refractivity contribution in [3.63, 3.8) is 0 Å². The molecule has 2 N–H and O–H groups in total. The molecule has 0 saturated heterocycles. The van der Waals surface area contributed by atoms with Crippen LogP contribution in [-0.2, 0) is 24.2 Å². The largest absolute Gasteiger partial charge is 0.396 e. The zero-order valence-electron chi connectivity index (χ0n) is 10.00. The number of aryl methyl sites for hydroxylation is 2. The third kappa shape index (κ3) is 3.54. The average Bonchev–Trinajstić information content (AvgIpc) is 2.86. The molecule has 1 aromatic heterocycles. The number of aliphatic hydroxyl groups excluding tert-OH is 1. The van der Waals surface area contributed by atoms with Gasteiger partial charge in [-0.3, -0.25) is 4.79 Å². The van der Waals surface area contributed by atoms with Crippen LogP contribution in [0, 0.1) is 0 Å². The summed E-state index contributed by atoms with van der Waals surface area (Å²) in [7, 11) is 0. The summed E-state index contributed by atoms with van der Waals surface area (Å²) in [6.07, 6.45) is 5.70. The summed E-state index contributed by atoms with van der Waals surface area (Å²) in [5, 5.41) is 11.6. The van der Waals surface area contributed by atoms with E-state index in [2.05, 4.69) is 11.4 Å². The van der Waals surface area contributed by atoms with Gasteiger partial charge in [0.1, 0.15) is 0 Å². The summed E-state index contributed by atoms with van der Waals surface area (Å²) in [5.74, 6) is 0.0898. The summed E-state index contributed by atoms with van der Waals surface area (Å²) in [6.45, 7) is 0.834. The van der Waals surface area contributed by atoms with Crippen molar-refractivity contribution in [1.29, 1.82) is 0 Å². The van der Waals surface area contributed by atoms with Crippen molar-refractivity contribution in [2.45, 2.75) is 45.1 Å². The molecule has 0 fully saturated rings. The van der Waals surface area contributed by atoms with E-state index in [1.807, 2.05) is 11.3 Å². The number of rotatable bonds is 6. The lowest BCUT2D eigenvalue weighted by atomic mass is 10.2. The molecule has 0 unspecified atom stereocenters. The van der Waals surface area contributed by atoms with E-state index in [1.54, 1.807) is 0 Å². The molecule has 0 spiro atoms. The summed E-state index contributed by atoms with van der Waals surface area (Å²) in [6, 6.07) is 2.24. The molecule has 1 aliphatic rings. The van der Waals surface area contributed by atoms with Gasteiger partial charge in [-0.2, -0.15) is 0 Å². The first kappa shape index (κ1) is 12.6. The van der Waals surface area contributed by atoms with Gasteiger partial charge < -0.3 is 10.4 Å². The molecule has 0 saturated carbocycles. The summed E-state index contributed by atoms with van der Waals surface area (Å²) >= 11 is 1.84. The number of aliphatic hydroxyl groups is 1. The maximum absolute atomic E-state index is 11.5. The van der Waals surface area contributed by atoms with Crippen LogP contribution in [0.1, 0.15) is 41.0 Å². The van der Waals surface area contributed by atoms with Crippen molar-refractivity contribution in [2.75, 3.05) is 6.61 Å². The van der Waals surface area contributed by atoms with E-state index >= 15 is 0 Å². The van der Waals surface area contributed by atoms with Crippen LogP contribution in [0.3, 0.4) is 0 Å². The smallest absolute Gasteiger partial charge is 0.220 e. The number of carbonyl (C=O) groups is 1. The number of hydrogen-bond acceptors (Lipinski definition) is 3. The highest BCUT2D eigenvalue weighted by Crippen LogP contribution is 2.30. The predicted octanol–water partition coefficient (Wildman–Crippen LogP) is 2.02. The normalized spacial score (nSPS) is 13.7. The van der Waals surface area contributed by atoms with E-state index in [4.69, 9.17) is 5.11 Å². The van der Waals surface area contributed by atoms with Gasteiger partial charge >= 0.3 is 0 Å². The van der Waals surface area contributed by atoms with Gasteiger partial charge in [-0.15, -0.1) is 11.3 Å². The zero-order chi connectivity index (χ0) is 12.1. The van der Waals surface area contributed by atoms with Gasteiger partial charge in [0.2, 0.25) is 5.91 Å². The highest BCUT2D eigenvalue weighted by Gasteiger charge is 2.14. The van der Waals surface area contributed by atoms with Gasteiger partial charge in [0.25, 0.3) is 0 Å². The maximum atomic E-state index is 11.5. The average molecular weight is 253 g/mol. The van der Waals surface area contributed by atoms with Crippen LogP contribution in [0.4, 0.5) is 0 Å². The monoisotopic (exact) mass is 253 g/mol. The molecule has 1 aliphatic carbocycles. The first-order chi connectivity index (χ1) is 8.29. The van der Waals surface area contributed by atoms with Gasteiger partial charge in [-0.25, -0.2) is 0 Å². The molecule has 4 heteroatoms. The second kappa shape index (κ2) is 6.17. The van der Waals surface area contributed by atoms with Gasteiger partial charge in [-0.1, -0.05) is 0 Å². The van der Waals surface area contributed by atoms with Crippen LogP contribution in [0.2, 0.25) is 0 Å². The fourth-order valence-electron chi connectivity index (χ4n) is 2.15. The van der Waals surface area contributed by atoms with Crippen LogP contribution < -0.4 is 5.32 Å². The van der Waals surface area contributed by atoms with Crippen molar-refractivity contribution in [3.8, 4) is 0 Å². The molecule has 0 aliphatic heterocycles. The van der Waals surface area contributed by atoms with E-state index in [1.165, 1.54) is 34.6 Å². The molecular weight excluding hydrogens is 234 g/mol. The minimum atomic E-state index is 0.0898. The summed E-state index contributed by atoms with van der Waals surface area (Å²) < 4.78 is 0. The Hall–Kier alpha value is -0.870. The second-order valence-electron chi connectivity index (χ2n) is 4.47. The van der Waals surface area contributed by atoms with E-state index in [-0.39, 0.29) is 12.5 Å². The molecule has 0 aromatic carbocycles. The van der Waals surface area contributed by atoms with Crippen molar-refractivity contribution >= 4 is 17.2 Å². The van der Waals surface area contributed by atoms with Crippen LogP contribution in [0.25, 0.3) is 0 Å². The predicted molar refractivity (Wildman–Crippen MR) is 69.1 cm³/mol. The van der Waals surface area contributed by atoms with Gasteiger partial charge in [0.05, 0.1) is 6.54 Å². The maximum Gasteiger partial charge on any atom is 0.220 e. The van der Waals surface area contributed by atoms with E-state index in [0.29, 0.717) is 19.4 Å². The third-order valence-electron chi connectivity index (χ3n) is 3.07. The Morgan fingerprint density at radius 2 is 2.29 bits per heavy atom. The van der Waals surface area contributed by atoms with Crippen LogP contribution >= 0.6 is 11.3 Å². The molecule has 1 heterocycles. The van der Waals surface area contributed by atoms with E-state index in [0.717, 1.165) is 6.42 Å². The standard InChI is InChI=1S/C13H19NO2S/c15-7-2-1-6-13(16)14-9-11-8-10-4-3-5-12(10)17-11/h8,15H,1-7,9H2,(H,14,16). The molecule has 0 radical (unpaired) electrons. The van der Waals surface area contributed by atoms with E-state index < -0.39 is 0 Å². The quantitative estimate of drug-likeness (QED) is 0.762. The lowest BCUT2D eigenvalue weighted by molar-refractivity contribution is -0.121. The first-order valence-electron chi connectivity index (χ1n) is 6.27. The highest BCUT2D eigenvalue weighted by atomic mass is 32.1. The first-order valence-corrected chi connectivity index (χ1v) is 7.09. The molecule has 2 rings (SSSR count). The Morgan fingerprint density at radius 1 is 1.41 bits per heavy atom. The minimum Gasteiger partial charge on any atom is -0.396 e. The molecular formula is C13H19NO2S. The molecule has 1 aromatic rings. The van der Waals surface area contributed by atoms with Crippen molar-refractivity contribution in [2.24, 2.45) is 0 Å². The number of amides is 1. The molecule has 0 bridgehead atoms. The lowest BCUT2D eigenvalue weighted by Gasteiger charge is -2.02. The van der Waals surface area contributed by atoms with E-state index in [9.17, 15) is 4.79 Å². The minimum absolute atomic E-state index is 0.0898. The fourth-order valence-corrected chi connectivity index (χ4v) is 3.35. The Bertz CT molecular complexity index is 365. The Labute approximate surface area is 106 Å². The van der Waals surface area contributed by atoms with Crippen molar-refractivity contribution < 1.29 is 9.90 Å². The zero-order valence-corrected chi connectivity index (χ0v) is 10.8. The lowest BCUT2D eigenvalue weighted by Crippen LogP contribution is -2.21. The number of fused-ring (bicyclic) bond motifs is 1. The second-order valence-corrected chi connectivity index (χ2v) is 5.69. The van der Waals surface area contributed by atoms with Crippen LogP contribution in [0.5, 0.6) is 0 Å². The molecule has 1 amide bonds. The number of nitrogens with one attached hydrogen (secondary N) is 1. The molecule has 3 nitrogen and oxygen atoms in total. The molecule has 0 atom stereocenters. The Balaban J connectivity index is 1.72. The number of carbonyl (C=O) groups excluding carboxylic acids is 1. The molecule has 17 heavy (non-hydrogen) atoms. The number of thiophene rings is 1. The number of unbranched alkanes of at least 4 members (excludes halogenated alkanes) is 1. The van der Waals surface area contributed by atoms with Gasteiger partial charge in [-0.05, 0) is 43.7 Å². The van der Waals surface area contributed by atoms with Crippen molar-refractivity contribution in [3.05, 3.63) is 21.4 Å². The SMILES string of the molecule is O=C(CCCCO)NCc1cc2c(s1)CCC2. The Morgan fingerprint density at radius 3 is 3.06 bits per heavy atom. The van der Waals surface area contributed by atoms with Gasteiger partial charge in [0.15, 0.2) is 0 Å². The molecule has 94 valence electrons. The van der Waals surface area contributed by atoms with Gasteiger partial charge in [0, 0.05) is 22.8 Å². The highest BCUT2D eigenvalue weighted by molar-refractivity contribution is 7.12. The summed E-state index contributed by atoms with van der Waals surface area (Å²) in [5.41, 5.74) is 1.49. The van der Waals surface area contributed by atoms with Crippen LogP contribution in [-0.4, -0.2) is 17.6 Å². The fraction of sp³-hybridized carbons (Fsp3) is 0.615.